The topological polar surface area (TPSA) is 83.8 Å². The summed E-state index contributed by atoms with van der Waals surface area (Å²) in [5.74, 6) is 3.42. The van der Waals surface area contributed by atoms with Gasteiger partial charge in [0.2, 0.25) is 0 Å². The summed E-state index contributed by atoms with van der Waals surface area (Å²) in [5.41, 5.74) is 24.9. The summed E-state index contributed by atoms with van der Waals surface area (Å²) >= 11 is 0. The minimum Gasteiger partial charge on any atom is -0.497 e. The van der Waals surface area contributed by atoms with Gasteiger partial charge in [-0.25, -0.2) is 0 Å². The molecule has 0 saturated heterocycles. The predicted octanol–water partition coefficient (Wildman–Crippen LogP) is 19.8. The number of imidazole rings is 2. The number of ether oxygens (including phenoxy) is 1. The van der Waals surface area contributed by atoms with Crippen LogP contribution in [-0.4, -0.2) is 29.1 Å². The van der Waals surface area contributed by atoms with Crippen molar-refractivity contribution in [3.05, 3.63) is 227 Å². The number of nitrogens with zero attached hydrogens (tertiary/aromatic N) is 6. The van der Waals surface area contributed by atoms with E-state index in [0.29, 0.717) is 17.9 Å². The Morgan fingerprint density at radius 3 is 1.60 bits per heavy atom. The van der Waals surface area contributed by atoms with E-state index >= 15 is 0 Å². The van der Waals surface area contributed by atoms with Crippen molar-refractivity contribution >= 4 is 44.0 Å². The molecule has 0 N–H and O–H groups in total. The Labute approximate surface area is 505 Å². The van der Waals surface area contributed by atoms with Crippen molar-refractivity contribution in [1.82, 2.24) is 29.1 Å². The number of fused-ring (bicyclic) bond motifs is 9. The van der Waals surface area contributed by atoms with Crippen LogP contribution in [0.25, 0.3) is 112 Å². The van der Waals surface area contributed by atoms with Crippen LogP contribution >= 0.6 is 0 Å². The van der Waals surface area contributed by atoms with Crippen LogP contribution in [0.5, 0.6) is 11.5 Å². The number of aromatic nitrogens is 6. The molecule has 0 aliphatic heterocycles. The molecule has 0 bridgehead atoms. The first-order valence-electron chi connectivity index (χ1n) is 29.2. The molecular formula is C75H64N6O2Pt. The van der Waals surface area contributed by atoms with Crippen molar-refractivity contribution in [1.29, 1.82) is 0 Å². The van der Waals surface area contributed by atoms with E-state index in [2.05, 4.69) is 228 Å². The molecule has 1 aliphatic carbocycles. The van der Waals surface area contributed by atoms with E-state index < -0.39 is 0 Å². The molecule has 5 heterocycles. The van der Waals surface area contributed by atoms with E-state index in [4.69, 9.17) is 29.1 Å². The zero-order valence-electron chi connectivity index (χ0n) is 49.0. The minimum atomic E-state index is 0. The van der Waals surface area contributed by atoms with Gasteiger partial charge in [0.15, 0.2) is 11.2 Å². The molecule has 416 valence electrons. The SMILES string of the molecule is Cc1cc2c(oc3cnc4c(c32)Cc2c(-c3nc5ccccc5n3-c3c(C(C)C)cc(-c5ccccc5)cc3C(C)C)[c-]c(Oc3[c-]c(-c5nc6ccccc6n5-c5c(C(C)C)cc(-c6ccccc6)cc5C(C)C)ccc3)cc2-4)c(C)n1.[Pt+2]. The van der Waals surface area contributed by atoms with Crippen LogP contribution in [0, 0.1) is 26.0 Å². The van der Waals surface area contributed by atoms with E-state index in [-0.39, 0.29) is 44.7 Å². The second kappa shape index (κ2) is 21.5. The third-order valence-electron chi connectivity index (χ3n) is 16.7. The fourth-order valence-electron chi connectivity index (χ4n) is 12.8. The zero-order valence-corrected chi connectivity index (χ0v) is 51.3. The number of hydrogen-bond acceptors (Lipinski definition) is 6. The standard InChI is InChI=1S/C75H64N6O2.Pt/c1-42(2)55-34-51(48-22-13-11-14-23-48)35-56(43(3)4)71(55)80-66-30-19-17-28-64(66)78-74(80)50-26-21-27-53(33-50)82-54-38-60-59(40-62-69-63-32-46(9)77-47(10)73(63)83-68(69)41-76-70(60)62)61(39-54)75-79-65-29-18-20-31-67(65)81(75)72-57(44(5)6)36-52(37-58(72)45(7)8)49-24-15-12-16-25-49;/h11-32,34-38,41-45H,40H2,1-10H3;/q-2;+2. The maximum absolute atomic E-state index is 7.19. The van der Waals surface area contributed by atoms with Gasteiger partial charge in [0, 0.05) is 39.3 Å². The van der Waals surface area contributed by atoms with E-state index in [1.165, 1.54) is 44.5 Å². The van der Waals surface area contributed by atoms with Gasteiger partial charge < -0.3 is 18.3 Å². The van der Waals surface area contributed by atoms with Gasteiger partial charge >= 0.3 is 21.1 Å². The van der Waals surface area contributed by atoms with E-state index in [1.807, 2.05) is 32.2 Å². The first kappa shape index (κ1) is 54.5. The number of benzene rings is 8. The average molecular weight is 1280 g/mol. The molecule has 0 amide bonds. The molecule has 0 fully saturated rings. The number of furan rings is 1. The van der Waals surface area contributed by atoms with Crippen LogP contribution in [-0.2, 0) is 27.5 Å². The molecule has 1 aliphatic rings. The second-order valence-electron chi connectivity index (χ2n) is 23.6. The molecule has 0 spiro atoms. The molecular weight excluding hydrogens is 1210 g/mol. The van der Waals surface area contributed by atoms with Crippen LogP contribution in [0.2, 0.25) is 0 Å². The van der Waals surface area contributed by atoms with Crippen molar-refractivity contribution < 1.29 is 30.2 Å². The summed E-state index contributed by atoms with van der Waals surface area (Å²) in [6.07, 6.45) is 2.46. The summed E-state index contributed by atoms with van der Waals surface area (Å²) in [6, 6.07) is 65.9. The fourth-order valence-corrected chi connectivity index (χ4v) is 12.8. The molecule has 0 atom stereocenters. The van der Waals surface area contributed by atoms with Gasteiger partial charge in [0.05, 0.1) is 51.3 Å². The Morgan fingerprint density at radius 1 is 0.512 bits per heavy atom. The largest absolute Gasteiger partial charge is 2.00 e. The summed E-state index contributed by atoms with van der Waals surface area (Å²) in [4.78, 5) is 21.1. The fraction of sp³-hybridized carbons (Fsp3) is 0.200. The zero-order chi connectivity index (χ0) is 56.9. The van der Waals surface area contributed by atoms with Gasteiger partial charge in [-0.2, -0.15) is 0 Å². The molecule has 13 aromatic rings. The molecule has 0 unspecified atom stereocenters. The summed E-state index contributed by atoms with van der Waals surface area (Å²) in [6.45, 7) is 22.4. The molecule has 0 saturated carbocycles. The molecule has 14 rings (SSSR count). The Kier molecular flexibility index (Phi) is 13.9. The van der Waals surface area contributed by atoms with Crippen LogP contribution in [0.4, 0.5) is 0 Å². The average Bonchev–Trinajstić information content (AvgIpc) is 1.78. The summed E-state index contributed by atoms with van der Waals surface area (Å²) in [5, 5.41) is 2.09. The number of hydrogen-bond donors (Lipinski definition) is 0. The van der Waals surface area contributed by atoms with Gasteiger partial charge in [0.25, 0.3) is 0 Å². The number of pyridine rings is 2. The molecule has 0 radical (unpaired) electrons. The third kappa shape index (κ3) is 9.18. The smallest absolute Gasteiger partial charge is 0.497 e. The first-order chi connectivity index (χ1) is 40.3. The van der Waals surface area contributed by atoms with Crippen LogP contribution in [0.15, 0.2) is 174 Å². The Morgan fingerprint density at radius 2 is 1.04 bits per heavy atom. The maximum Gasteiger partial charge on any atom is 2.00 e. The van der Waals surface area contributed by atoms with Crippen molar-refractivity contribution in [3.8, 4) is 79.2 Å². The maximum atomic E-state index is 7.19. The Bertz CT molecular complexity index is 4660. The molecule has 84 heavy (non-hydrogen) atoms. The van der Waals surface area contributed by atoms with Gasteiger partial charge in [-0.1, -0.05) is 164 Å². The summed E-state index contributed by atoms with van der Waals surface area (Å²) in [7, 11) is 0. The number of para-hydroxylation sites is 4. The molecule has 8 nitrogen and oxygen atoms in total. The first-order valence-corrected chi connectivity index (χ1v) is 29.2. The number of aryl methyl sites for hydroxylation is 2. The Hall–Kier alpha value is -8.71. The van der Waals surface area contributed by atoms with Gasteiger partial charge in [-0.3, -0.25) is 19.9 Å². The predicted molar refractivity (Wildman–Crippen MR) is 339 cm³/mol. The summed E-state index contributed by atoms with van der Waals surface area (Å²) < 4.78 is 18.5. The van der Waals surface area contributed by atoms with Crippen molar-refractivity contribution in [2.75, 3.05) is 0 Å². The second-order valence-corrected chi connectivity index (χ2v) is 23.6. The normalized spacial score (nSPS) is 12.2. The van der Waals surface area contributed by atoms with Crippen LogP contribution < -0.4 is 4.74 Å². The van der Waals surface area contributed by atoms with E-state index in [0.717, 1.165) is 112 Å². The molecule has 9 heteroatoms. The molecule has 5 aromatic heterocycles. The molecule has 8 aromatic carbocycles. The monoisotopic (exact) mass is 1280 g/mol. The van der Waals surface area contributed by atoms with Crippen molar-refractivity contribution in [2.24, 2.45) is 0 Å². The van der Waals surface area contributed by atoms with Gasteiger partial charge in [-0.15, -0.1) is 34.9 Å². The van der Waals surface area contributed by atoms with Crippen molar-refractivity contribution in [2.45, 2.75) is 99.3 Å². The third-order valence-corrected chi connectivity index (χ3v) is 16.7. The van der Waals surface area contributed by atoms with Crippen LogP contribution in [0.1, 0.15) is 124 Å². The van der Waals surface area contributed by atoms with Crippen LogP contribution in [0.3, 0.4) is 0 Å². The van der Waals surface area contributed by atoms with E-state index in [9.17, 15) is 0 Å². The quantitative estimate of drug-likeness (QED) is 0.113. The van der Waals surface area contributed by atoms with Gasteiger partial charge in [0.1, 0.15) is 0 Å². The number of rotatable bonds is 12. The van der Waals surface area contributed by atoms with Crippen molar-refractivity contribution in [3.63, 3.8) is 0 Å². The van der Waals surface area contributed by atoms with Gasteiger partial charge in [-0.05, 0) is 149 Å². The van der Waals surface area contributed by atoms with E-state index in [1.54, 1.807) is 0 Å². The minimum absolute atomic E-state index is 0. The Balaban J connectivity index is 0.00000658.